The van der Waals surface area contributed by atoms with Crippen LogP contribution in [0.2, 0.25) is 0 Å². The Bertz CT molecular complexity index is 362. The first kappa shape index (κ1) is 13.4. The zero-order valence-corrected chi connectivity index (χ0v) is 11.8. The SMILES string of the molecule is CCC1(CNC(C)c2ccc(OC)cc2)CCC1. The molecule has 2 heteroatoms. The zero-order chi connectivity index (χ0) is 13.0. The van der Waals surface area contributed by atoms with E-state index in [2.05, 4.69) is 31.3 Å². The van der Waals surface area contributed by atoms with Crippen LogP contribution >= 0.6 is 0 Å². The maximum Gasteiger partial charge on any atom is 0.118 e. The molecule has 100 valence electrons. The Labute approximate surface area is 111 Å². The van der Waals surface area contributed by atoms with Crippen LogP contribution < -0.4 is 10.1 Å². The highest BCUT2D eigenvalue weighted by molar-refractivity contribution is 5.28. The Kier molecular flexibility index (Phi) is 4.28. The predicted octanol–water partition coefficient (Wildman–Crippen LogP) is 3.93. The third-order valence-electron chi connectivity index (χ3n) is 4.56. The van der Waals surface area contributed by atoms with Gasteiger partial charge in [-0.3, -0.25) is 0 Å². The summed E-state index contributed by atoms with van der Waals surface area (Å²) in [6.45, 7) is 5.71. The van der Waals surface area contributed by atoms with Crippen LogP contribution in [0.3, 0.4) is 0 Å². The Morgan fingerprint density at radius 2 is 1.94 bits per heavy atom. The van der Waals surface area contributed by atoms with Crippen molar-refractivity contribution in [2.24, 2.45) is 5.41 Å². The Morgan fingerprint density at radius 3 is 2.39 bits per heavy atom. The van der Waals surface area contributed by atoms with Crippen LogP contribution in [0.1, 0.15) is 51.1 Å². The molecular formula is C16H25NO. The normalized spacial score (nSPS) is 19.1. The van der Waals surface area contributed by atoms with Crippen LogP contribution in [0.15, 0.2) is 24.3 Å². The Balaban J connectivity index is 1.88. The number of nitrogens with one attached hydrogen (secondary N) is 1. The summed E-state index contributed by atoms with van der Waals surface area (Å²) in [6.07, 6.45) is 5.50. The molecule has 1 aliphatic rings. The summed E-state index contributed by atoms with van der Waals surface area (Å²) >= 11 is 0. The van der Waals surface area contributed by atoms with Crippen LogP contribution in [0, 0.1) is 5.41 Å². The lowest BCUT2D eigenvalue weighted by Gasteiger charge is -2.42. The molecule has 1 N–H and O–H groups in total. The van der Waals surface area contributed by atoms with Crippen molar-refractivity contribution < 1.29 is 4.74 Å². The van der Waals surface area contributed by atoms with Crippen molar-refractivity contribution in [1.29, 1.82) is 0 Å². The third-order valence-corrected chi connectivity index (χ3v) is 4.56. The summed E-state index contributed by atoms with van der Waals surface area (Å²) in [5, 5.41) is 3.69. The summed E-state index contributed by atoms with van der Waals surface area (Å²) in [4.78, 5) is 0. The van der Waals surface area contributed by atoms with E-state index < -0.39 is 0 Å². The van der Waals surface area contributed by atoms with Gasteiger partial charge in [0.1, 0.15) is 5.75 Å². The van der Waals surface area contributed by atoms with Gasteiger partial charge in [0.2, 0.25) is 0 Å². The van der Waals surface area contributed by atoms with Gasteiger partial charge >= 0.3 is 0 Å². The van der Waals surface area contributed by atoms with Gasteiger partial charge in [0.15, 0.2) is 0 Å². The zero-order valence-electron chi connectivity index (χ0n) is 11.8. The van der Waals surface area contributed by atoms with E-state index in [1.165, 1.54) is 31.2 Å². The molecule has 0 radical (unpaired) electrons. The molecule has 0 aliphatic heterocycles. The van der Waals surface area contributed by atoms with Crippen molar-refractivity contribution in [3.8, 4) is 5.75 Å². The molecule has 0 amide bonds. The molecule has 1 unspecified atom stereocenters. The number of hydrogen-bond donors (Lipinski definition) is 1. The first-order chi connectivity index (χ1) is 8.69. The lowest BCUT2D eigenvalue weighted by atomic mass is 9.67. The van der Waals surface area contributed by atoms with Gasteiger partial charge < -0.3 is 10.1 Å². The lowest BCUT2D eigenvalue weighted by molar-refractivity contribution is 0.120. The highest BCUT2D eigenvalue weighted by Gasteiger charge is 2.34. The van der Waals surface area contributed by atoms with E-state index in [4.69, 9.17) is 4.74 Å². The van der Waals surface area contributed by atoms with Crippen molar-refractivity contribution in [2.75, 3.05) is 13.7 Å². The lowest BCUT2D eigenvalue weighted by Crippen LogP contribution is -2.40. The van der Waals surface area contributed by atoms with E-state index in [-0.39, 0.29) is 0 Å². The number of methoxy groups -OCH3 is 1. The molecule has 1 saturated carbocycles. The van der Waals surface area contributed by atoms with Crippen molar-refractivity contribution in [3.63, 3.8) is 0 Å². The molecule has 0 aromatic heterocycles. The van der Waals surface area contributed by atoms with Crippen LogP contribution in [0.25, 0.3) is 0 Å². The Hall–Kier alpha value is -1.02. The quantitative estimate of drug-likeness (QED) is 0.822. The number of hydrogen-bond acceptors (Lipinski definition) is 2. The molecule has 1 atom stereocenters. The van der Waals surface area contributed by atoms with E-state index in [0.717, 1.165) is 12.3 Å². The van der Waals surface area contributed by atoms with Gasteiger partial charge in [-0.05, 0) is 49.3 Å². The van der Waals surface area contributed by atoms with Crippen molar-refractivity contribution in [3.05, 3.63) is 29.8 Å². The maximum atomic E-state index is 5.19. The fraction of sp³-hybridized carbons (Fsp3) is 0.625. The topological polar surface area (TPSA) is 21.3 Å². The molecule has 1 aliphatic carbocycles. The number of benzene rings is 1. The van der Waals surface area contributed by atoms with E-state index >= 15 is 0 Å². The minimum absolute atomic E-state index is 0.417. The average Bonchev–Trinajstić information content (AvgIpc) is 2.38. The summed E-state index contributed by atoms with van der Waals surface area (Å²) in [7, 11) is 1.71. The van der Waals surface area contributed by atoms with Gasteiger partial charge in [-0.25, -0.2) is 0 Å². The summed E-state index contributed by atoms with van der Waals surface area (Å²) in [5.74, 6) is 0.926. The largest absolute Gasteiger partial charge is 0.497 e. The van der Waals surface area contributed by atoms with E-state index in [1.54, 1.807) is 7.11 Å². The summed E-state index contributed by atoms with van der Waals surface area (Å²) in [6, 6.07) is 8.78. The molecule has 0 saturated heterocycles. The van der Waals surface area contributed by atoms with Crippen molar-refractivity contribution in [1.82, 2.24) is 5.32 Å². The number of rotatable bonds is 6. The first-order valence-corrected chi connectivity index (χ1v) is 7.06. The Morgan fingerprint density at radius 1 is 1.28 bits per heavy atom. The smallest absolute Gasteiger partial charge is 0.118 e. The van der Waals surface area contributed by atoms with Gasteiger partial charge in [0, 0.05) is 12.6 Å². The van der Waals surface area contributed by atoms with Crippen LogP contribution in [-0.4, -0.2) is 13.7 Å². The molecule has 2 rings (SSSR count). The maximum absolute atomic E-state index is 5.19. The highest BCUT2D eigenvalue weighted by Crippen LogP contribution is 2.43. The summed E-state index contributed by atoms with van der Waals surface area (Å²) < 4.78 is 5.19. The molecule has 0 spiro atoms. The van der Waals surface area contributed by atoms with Crippen LogP contribution in [0.4, 0.5) is 0 Å². The van der Waals surface area contributed by atoms with Crippen LogP contribution in [-0.2, 0) is 0 Å². The van der Waals surface area contributed by atoms with Gasteiger partial charge in [-0.15, -0.1) is 0 Å². The van der Waals surface area contributed by atoms with Gasteiger partial charge in [-0.2, -0.15) is 0 Å². The molecular weight excluding hydrogens is 222 g/mol. The first-order valence-electron chi connectivity index (χ1n) is 7.06. The van der Waals surface area contributed by atoms with E-state index in [1.807, 2.05) is 12.1 Å². The average molecular weight is 247 g/mol. The molecule has 0 heterocycles. The third kappa shape index (κ3) is 2.86. The van der Waals surface area contributed by atoms with Crippen molar-refractivity contribution >= 4 is 0 Å². The molecule has 18 heavy (non-hydrogen) atoms. The van der Waals surface area contributed by atoms with Gasteiger partial charge in [0.05, 0.1) is 7.11 Å². The van der Waals surface area contributed by atoms with Crippen molar-refractivity contribution in [2.45, 2.75) is 45.6 Å². The minimum atomic E-state index is 0.417. The standard InChI is InChI=1S/C16H25NO/c1-4-16(10-5-11-16)12-17-13(2)14-6-8-15(18-3)9-7-14/h6-9,13,17H,4-5,10-12H2,1-3H3. The second-order valence-corrected chi connectivity index (χ2v) is 5.58. The molecule has 1 aromatic carbocycles. The monoisotopic (exact) mass is 247 g/mol. The second kappa shape index (κ2) is 5.75. The van der Waals surface area contributed by atoms with E-state index in [0.29, 0.717) is 11.5 Å². The van der Waals surface area contributed by atoms with Crippen LogP contribution in [0.5, 0.6) is 5.75 Å². The second-order valence-electron chi connectivity index (χ2n) is 5.58. The van der Waals surface area contributed by atoms with Gasteiger partial charge in [0.25, 0.3) is 0 Å². The fourth-order valence-electron chi connectivity index (χ4n) is 2.71. The van der Waals surface area contributed by atoms with E-state index in [9.17, 15) is 0 Å². The molecule has 1 aromatic rings. The minimum Gasteiger partial charge on any atom is -0.497 e. The highest BCUT2D eigenvalue weighted by atomic mass is 16.5. The molecule has 0 bridgehead atoms. The number of ether oxygens (including phenoxy) is 1. The van der Waals surface area contributed by atoms with Gasteiger partial charge in [-0.1, -0.05) is 25.5 Å². The molecule has 2 nitrogen and oxygen atoms in total. The fourth-order valence-corrected chi connectivity index (χ4v) is 2.71. The predicted molar refractivity (Wildman–Crippen MR) is 76.0 cm³/mol. The molecule has 1 fully saturated rings. The summed E-state index contributed by atoms with van der Waals surface area (Å²) in [5.41, 5.74) is 1.92.